The fourth-order valence-corrected chi connectivity index (χ4v) is 3.15. The highest BCUT2D eigenvalue weighted by Crippen LogP contribution is 2.25. The maximum Gasteiger partial charge on any atom is 0.254 e. The second-order valence-electron chi connectivity index (χ2n) is 4.98. The van der Waals surface area contributed by atoms with Crippen molar-refractivity contribution in [3.63, 3.8) is 0 Å². The van der Waals surface area contributed by atoms with Crippen LogP contribution in [0.2, 0.25) is 0 Å². The minimum atomic E-state index is 0.111. The summed E-state index contributed by atoms with van der Waals surface area (Å²) in [6, 6.07) is 14.1. The van der Waals surface area contributed by atoms with E-state index in [9.17, 15) is 4.79 Å². The molecule has 2 aromatic carbocycles. The summed E-state index contributed by atoms with van der Waals surface area (Å²) in [7, 11) is 0. The standard InChI is InChI=1S/C16H16ClNO/c17-11-13-7-4-10-18(13)16(19)15-9-3-6-12-5-1-2-8-14(12)15/h1-3,5-6,8-9,13H,4,7,10-11H2. The first-order valence-electron chi connectivity index (χ1n) is 6.66. The summed E-state index contributed by atoms with van der Waals surface area (Å²) >= 11 is 5.96. The molecule has 1 amide bonds. The molecule has 0 bridgehead atoms. The van der Waals surface area contributed by atoms with E-state index in [1.807, 2.05) is 47.4 Å². The first-order chi connectivity index (χ1) is 9.31. The van der Waals surface area contributed by atoms with Crippen molar-refractivity contribution in [2.45, 2.75) is 18.9 Å². The number of benzene rings is 2. The van der Waals surface area contributed by atoms with Crippen LogP contribution in [0.15, 0.2) is 42.5 Å². The van der Waals surface area contributed by atoms with Crippen molar-refractivity contribution < 1.29 is 4.79 Å². The van der Waals surface area contributed by atoms with E-state index >= 15 is 0 Å². The highest BCUT2D eigenvalue weighted by molar-refractivity contribution is 6.18. The lowest BCUT2D eigenvalue weighted by Gasteiger charge is -2.23. The van der Waals surface area contributed by atoms with Gasteiger partial charge in [0.1, 0.15) is 0 Å². The lowest BCUT2D eigenvalue weighted by molar-refractivity contribution is 0.0751. The normalized spacial score (nSPS) is 19.0. The van der Waals surface area contributed by atoms with Crippen LogP contribution in [0.4, 0.5) is 0 Å². The average molecular weight is 274 g/mol. The van der Waals surface area contributed by atoms with Crippen molar-refractivity contribution in [2.75, 3.05) is 12.4 Å². The highest BCUT2D eigenvalue weighted by atomic mass is 35.5. The van der Waals surface area contributed by atoms with Crippen LogP contribution >= 0.6 is 11.6 Å². The van der Waals surface area contributed by atoms with Crippen molar-refractivity contribution in [3.05, 3.63) is 48.0 Å². The molecule has 1 heterocycles. The molecule has 1 fully saturated rings. The van der Waals surface area contributed by atoms with Gasteiger partial charge in [-0.1, -0.05) is 36.4 Å². The van der Waals surface area contributed by atoms with Crippen LogP contribution in [0.5, 0.6) is 0 Å². The lowest BCUT2D eigenvalue weighted by Crippen LogP contribution is -2.36. The Hall–Kier alpha value is -1.54. The molecular formula is C16H16ClNO. The van der Waals surface area contributed by atoms with Gasteiger partial charge in [0.2, 0.25) is 0 Å². The smallest absolute Gasteiger partial charge is 0.254 e. The maximum absolute atomic E-state index is 12.7. The largest absolute Gasteiger partial charge is 0.334 e. The van der Waals surface area contributed by atoms with Crippen molar-refractivity contribution in [2.24, 2.45) is 0 Å². The van der Waals surface area contributed by atoms with Crippen LogP contribution in [0.25, 0.3) is 10.8 Å². The minimum absolute atomic E-state index is 0.111. The Balaban J connectivity index is 2.02. The molecule has 1 aliphatic heterocycles. The van der Waals surface area contributed by atoms with E-state index in [4.69, 9.17) is 11.6 Å². The number of hydrogen-bond donors (Lipinski definition) is 0. The van der Waals surface area contributed by atoms with Gasteiger partial charge in [0.25, 0.3) is 5.91 Å². The molecule has 0 saturated carbocycles. The molecule has 0 N–H and O–H groups in total. The van der Waals surface area contributed by atoms with Crippen LogP contribution in [0, 0.1) is 0 Å². The van der Waals surface area contributed by atoms with Crippen molar-refractivity contribution >= 4 is 28.3 Å². The molecule has 19 heavy (non-hydrogen) atoms. The summed E-state index contributed by atoms with van der Waals surface area (Å²) in [6.45, 7) is 0.819. The van der Waals surface area contributed by atoms with Gasteiger partial charge in [-0.15, -0.1) is 11.6 Å². The van der Waals surface area contributed by atoms with Crippen LogP contribution in [-0.4, -0.2) is 29.3 Å². The second-order valence-corrected chi connectivity index (χ2v) is 5.28. The van der Waals surface area contributed by atoms with Gasteiger partial charge >= 0.3 is 0 Å². The fourth-order valence-electron chi connectivity index (χ4n) is 2.83. The van der Waals surface area contributed by atoms with Crippen LogP contribution in [0.3, 0.4) is 0 Å². The number of amides is 1. The highest BCUT2D eigenvalue weighted by Gasteiger charge is 2.29. The van der Waals surface area contributed by atoms with Crippen LogP contribution in [-0.2, 0) is 0 Å². The molecule has 0 radical (unpaired) electrons. The van der Waals surface area contributed by atoms with Crippen molar-refractivity contribution in [1.82, 2.24) is 4.90 Å². The van der Waals surface area contributed by atoms with E-state index in [2.05, 4.69) is 0 Å². The van der Waals surface area contributed by atoms with E-state index in [0.717, 1.165) is 35.7 Å². The van der Waals surface area contributed by atoms with E-state index in [1.54, 1.807) is 0 Å². The summed E-state index contributed by atoms with van der Waals surface area (Å²) in [5.74, 6) is 0.635. The Kier molecular flexibility index (Phi) is 3.43. The van der Waals surface area contributed by atoms with Gasteiger partial charge in [0.05, 0.1) is 0 Å². The van der Waals surface area contributed by atoms with Gasteiger partial charge in [-0.05, 0) is 29.7 Å². The molecule has 0 aliphatic carbocycles. The zero-order chi connectivity index (χ0) is 13.2. The number of hydrogen-bond acceptors (Lipinski definition) is 1. The Bertz CT molecular complexity index is 605. The number of rotatable bonds is 2. The molecule has 2 nitrogen and oxygen atoms in total. The molecule has 1 saturated heterocycles. The van der Waals surface area contributed by atoms with Gasteiger partial charge in [-0.2, -0.15) is 0 Å². The number of nitrogens with zero attached hydrogens (tertiary/aromatic N) is 1. The summed E-state index contributed by atoms with van der Waals surface area (Å²) in [5, 5.41) is 2.13. The SMILES string of the molecule is O=C(c1cccc2ccccc12)N1CCCC1CCl. The second kappa shape index (κ2) is 5.22. The molecule has 0 aromatic heterocycles. The number of carbonyl (C=O) groups is 1. The predicted octanol–water partition coefficient (Wildman–Crippen LogP) is 3.68. The van der Waals surface area contributed by atoms with E-state index in [0.29, 0.717) is 5.88 Å². The molecule has 1 aliphatic rings. The Labute approximate surface area is 118 Å². The third kappa shape index (κ3) is 2.21. The molecule has 2 aromatic rings. The van der Waals surface area contributed by atoms with Gasteiger partial charge < -0.3 is 4.90 Å². The van der Waals surface area contributed by atoms with E-state index in [-0.39, 0.29) is 11.9 Å². The van der Waals surface area contributed by atoms with Crippen LogP contribution < -0.4 is 0 Å². The number of carbonyl (C=O) groups excluding carboxylic acids is 1. The number of halogens is 1. The van der Waals surface area contributed by atoms with Crippen molar-refractivity contribution in [3.8, 4) is 0 Å². The van der Waals surface area contributed by atoms with Gasteiger partial charge in [-0.3, -0.25) is 4.79 Å². The summed E-state index contributed by atoms with van der Waals surface area (Å²) in [4.78, 5) is 14.6. The number of alkyl halides is 1. The van der Waals surface area contributed by atoms with E-state index in [1.165, 1.54) is 0 Å². The number of likely N-dealkylation sites (tertiary alicyclic amines) is 1. The summed E-state index contributed by atoms with van der Waals surface area (Å²) < 4.78 is 0. The van der Waals surface area contributed by atoms with Crippen LogP contribution in [0.1, 0.15) is 23.2 Å². The molecule has 3 rings (SSSR count). The zero-order valence-corrected chi connectivity index (χ0v) is 11.4. The fraction of sp³-hybridized carbons (Fsp3) is 0.312. The predicted molar refractivity (Wildman–Crippen MR) is 78.7 cm³/mol. The quantitative estimate of drug-likeness (QED) is 0.765. The molecule has 3 heteroatoms. The molecule has 0 spiro atoms. The minimum Gasteiger partial charge on any atom is -0.334 e. The average Bonchev–Trinajstić information content (AvgIpc) is 2.94. The molecule has 1 unspecified atom stereocenters. The lowest BCUT2D eigenvalue weighted by atomic mass is 10.0. The van der Waals surface area contributed by atoms with Crippen molar-refractivity contribution in [1.29, 1.82) is 0 Å². The van der Waals surface area contributed by atoms with Gasteiger partial charge in [0, 0.05) is 24.0 Å². The first kappa shape index (κ1) is 12.5. The third-order valence-electron chi connectivity index (χ3n) is 3.84. The summed E-state index contributed by atoms with van der Waals surface area (Å²) in [6.07, 6.45) is 2.06. The van der Waals surface area contributed by atoms with E-state index < -0.39 is 0 Å². The number of fused-ring (bicyclic) bond motifs is 1. The molecule has 1 atom stereocenters. The third-order valence-corrected chi connectivity index (χ3v) is 4.19. The van der Waals surface area contributed by atoms with Gasteiger partial charge in [-0.25, -0.2) is 0 Å². The Morgan fingerprint density at radius 3 is 2.84 bits per heavy atom. The molecular weight excluding hydrogens is 258 g/mol. The zero-order valence-electron chi connectivity index (χ0n) is 10.7. The van der Waals surface area contributed by atoms with Gasteiger partial charge in [0.15, 0.2) is 0 Å². The Morgan fingerprint density at radius 1 is 1.21 bits per heavy atom. The topological polar surface area (TPSA) is 20.3 Å². The molecule has 98 valence electrons. The Morgan fingerprint density at radius 2 is 2.00 bits per heavy atom. The monoisotopic (exact) mass is 273 g/mol. The first-order valence-corrected chi connectivity index (χ1v) is 7.19. The summed E-state index contributed by atoms with van der Waals surface area (Å²) in [5.41, 5.74) is 0.787. The maximum atomic E-state index is 12.7.